The number of aliphatic hydroxyl groups excluding tert-OH is 1. The summed E-state index contributed by atoms with van der Waals surface area (Å²) >= 11 is 0. The van der Waals surface area contributed by atoms with Gasteiger partial charge in [0.05, 0.1) is 30.5 Å². The van der Waals surface area contributed by atoms with E-state index < -0.39 is 6.10 Å². The summed E-state index contributed by atoms with van der Waals surface area (Å²) in [5, 5.41) is 22.0. The van der Waals surface area contributed by atoms with E-state index in [1.165, 1.54) is 0 Å². The Morgan fingerprint density at radius 1 is 1.40 bits per heavy atom. The molecule has 0 amide bonds. The Bertz CT molecular complexity index is 453. The second kappa shape index (κ2) is 8.41. The minimum absolute atomic E-state index is 0.443. The van der Waals surface area contributed by atoms with E-state index in [0.29, 0.717) is 24.4 Å². The fourth-order valence-electron chi connectivity index (χ4n) is 1.98. The van der Waals surface area contributed by atoms with Crippen molar-refractivity contribution in [3.8, 4) is 11.8 Å². The molecule has 1 aromatic rings. The lowest BCUT2D eigenvalue weighted by molar-refractivity contribution is 0.128. The van der Waals surface area contributed by atoms with Crippen molar-refractivity contribution in [2.75, 3.05) is 38.6 Å². The molecular formula is C15H23N3O2. The summed E-state index contributed by atoms with van der Waals surface area (Å²) in [4.78, 5) is 2.17. The maximum absolute atomic E-state index is 10.0. The molecule has 1 aromatic carbocycles. The molecule has 5 heteroatoms. The lowest BCUT2D eigenvalue weighted by atomic mass is 10.2. The zero-order valence-electron chi connectivity index (χ0n) is 12.4. The summed E-state index contributed by atoms with van der Waals surface area (Å²) in [6, 6.07) is 7.27. The average molecular weight is 277 g/mol. The molecule has 0 aliphatic rings. The van der Waals surface area contributed by atoms with Crippen LogP contribution in [-0.4, -0.2) is 49.4 Å². The zero-order valence-corrected chi connectivity index (χ0v) is 12.4. The highest BCUT2D eigenvalue weighted by atomic mass is 16.5. The average Bonchev–Trinajstić information content (AvgIpc) is 2.50. The Kier molecular flexibility index (Phi) is 6.85. The van der Waals surface area contributed by atoms with Gasteiger partial charge >= 0.3 is 0 Å². The lowest BCUT2D eigenvalue weighted by Gasteiger charge is -2.22. The Hall–Kier alpha value is -1.77. The molecule has 0 aliphatic heterocycles. The van der Waals surface area contributed by atoms with E-state index in [-0.39, 0.29) is 0 Å². The molecular weight excluding hydrogens is 254 g/mol. The van der Waals surface area contributed by atoms with E-state index in [9.17, 15) is 5.11 Å². The largest absolute Gasteiger partial charge is 0.495 e. The predicted molar refractivity (Wildman–Crippen MR) is 80.0 cm³/mol. The molecule has 0 aliphatic carbocycles. The molecule has 0 heterocycles. The topological polar surface area (TPSA) is 68.5 Å². The van der Waals surface area contributed by atoms with E-state index in [4.69, 9.17) is 10.00 Å². The zero-order chi connectivity index (χ0) is 15.0. The van der Waals surface area contributed by atoms with Crippen molar-refractivity contribution in [1.29, 1.82) is 5.26 Å². The van der Waals surface area contributed by atoms with Gasteiger partial charge in [-0.1, -0.05) is 13.8 Å². The number of nitriles is 1. The molecule has 2 N–H and O–H groups in total. The number of anilines is 1. The highest BCUT2D eigenvalue weighted by Crippen LogP contribution is 2.25. The van der Waals surface area contributed by atoms with Crippen LogP contribution in [-0.2, 0) is 0 Å². The summed E-state index contributed by atoms with van der Waals surface area (Å²) in [5.74, 6) is 0.610. The molecule has 0 bridgehead atoms. The number of methoxy groups -OCH3 is 1. The first kappa shape index (κ1) is 16.3. The fourth-order valence-corrected chi connectivity index (χ4v) is 1.98. The van der Waals surface area contributed by atoms with Crippen LogP contribution in [0.25, 0.3) is 0 Å². The van der Waals surface area contributed by atoms with E-state index in [1.807, 2.05) is 0 Å². The third-order valence-electron chi connectivity index (χ3n) is 3.22. The minimum atomic E-state index is -0.449. The van der Waals surface area contributed by atoms with Gasteiger partial charge in [-0.2, -0.15) is 5.26 Å². The quantitative estimate of drug-likeness (QED) is 0.756. The van der Waals surface area contributed by atoms with E-state index in [2.05, 4.69) is 30.1 Å². The molecule has 20 heavy (non-hydrogen) atoms. The van der Waals surface area contributed by atoms with E-state index in [0.717, 1.165) is 18.8 Å². The number of rotatable bonds is 8. The number of nitrogens with one attached hydrogen (secondary N) is 1. The van der Waals surface area contributed by atoms with E-state index >= 15 is 0 Å². The SMILES string of the molecule is CCN(CC)CC(O)CNc1ccc(C#N)cc1OC. The van der Waals surface area contributed by atoms with Gasteiger partial charge in [0, 0.05) is 19.2 Å². The lowest BCUT2D eigenvalue weighted by Crippen LogP contribution is -2.35. The van der Waals surface area contributed by atoms with Crippen molar-refractivity contribution in [1.82, 2.24) is 4.90 Å². The molecule has 0 aromatic heterocycles. The first-order valence-electron chi connectivity index (χ1n) is 6.87. The number of nitrogens with zero attached hydrogens (tertiary/aromatic N) is 2. The molecule has 0 spiro atoms. The number of benzene rings is 1. The van der Waals surface area contributed by atoms with Gasteiger partial charge in [-0.3, -0.25) is 0 Å². The summed E-state index contributed by atoms with van der Waals surface area (Å²) in [7, 11) is 1.56. The van der Waals surface area contributed by atoms with Crippen molar-refractivity contribution in [3.05, 3.63) is 23.8 Å². The Morgan fingerprint density at radius 3 is 2.65 bits per heavy atom. The Balaban J connectivity index is 2.59. The molecule has 110 valence electrons. The van der Waals surface area contributed by atoms with Crippen molar-refractivity contribution < 1.29 is 9.84 Å². The van der Waals surface area contributed by atoms with Gasteiger partial charge in [0.1, 0.15) is 5.75 Å². The fraction of sp³-hybridized carbons (Fsp3) is 0.533. The van der Waals surface area contributed by atoms with Gasteiger partial charge < -0.3 is 20.1 Å². The molecule has 5 nitrogen and oxygen atoms in total. The third-order valence-corrected chi connectivity index (χ3v) is 3.22. The molecule has 1 unspecified atom stereocenters. The molecule has 1 rings (SSSR count). The van der Waals surface area contributed by atoms with Crippen LogP contribution in [0, 0.1) is 11.3 Å². The van der Waals surface area contributed by atoms with Crippen LogP contribution in [0.1, 0.15) is 19.4 Å². The highest BCUT2D eigenvalue weighted by Gasteiger charge is 2.10. The number of ether oxygens (including phenoxy) is 1. The first-order valence-corrected chi connectivity index (χ1v) is 6.87. The van der Waals surface area contributed by atoms with Crippen molar-refractivity contribution in [3.63, 3.8) is 0 Å². The number of aliphatic hydroxyl groups is 1. The van der Waals surface area contributed by atoms with Gasteiger partial charge in [0.2, 0.25) is 0 Å². The van der Waals surface area contributed by atoms with Crippen LogP contribution in [0.5, 0.6) is 5.75 Å². The van der Waals surface area contributed by atoms with E-state index in [1.54, 1.807) is 25.3 Å². The smallest absolute Gasteiger partial charge is 0.143 e. The summed E-state index contributed by atoms with van der Waals surface area (Å²) in [6.45, 7) is 7.08. The second-order valence-corrected chi connectivity index (χ2v) is 4.55. The molecule has 1 atom stereocenters. The molecule has 0 saturated carbocycles. The van der Waals surface area contributed by atoms with Crippen molar-refractivity contribution in [2.45, 2.75) is 20.0 Å². The Labute approximate surface area is 120 Å². The molecule has 0 fully saturated rings. The molecule has 0 radical (unpaired) electrons. The predicted octanol–water partition coefficient (Wildman–Crippen LogP) is 1.68. The third kappa shape index (κ3) is 4.72. The summed E-state index contributed by atoms with van der Waals surface area (Å²) < 4.78 is 5.24. The van der Waals surface area contributed by atoms with Gasteiger partial charge in [0.25, 0.3) is 0 Å². The maximum atomic E-state index is 10.0. The van der Waals surface area contributed by atoms with Gasteiger partial charge in [0.15, 0.2) is 0 Å². The normalized spacial score (nSPS) is 12.0. The van der Waals surface area contributed by atoms with Gasteiger partial charge in [-0.15, -0.1) is 0 Å². The highest BCUT2D eigenvalue weighted by molar-refractivity contribution is 5.59. The van der Waals surface area contributed by atoms with Crippen molar-refractivity contribution in [2.24, 2.45) is 0 Å². The van der Waals surface area contributed by atoms with Crippen LogP contribution in [0.2, 0.25) is 0 Å². The monoisotopic (exact) mass is 277 g/mol. The van der Waals surface area contributed by atoms with Crippen LogP contribution in [0.3, 0.4) is 0 Å². The Morgan fingerprint density at radius 2 is 2.10 bits per heavy atom. The molecule has 0 saturated heterocycles. The number of hydrogen-bond donors (Lipinski definition) is 2. The standard InChI is InChI=1S/C15H23N3O2/c1-4-18(5-2)11-13(19)10-17-14-7-6-12(9-16)8-15(14)20-3/h6-8,13,17,19H,4-5,10-11H2,1-3H3. The number of hydrogen-bond acceptors (Lipinski definition) is 5. The van der Waals surface area contributed by atoms with Crippen LogP contribution >= 0.6 is 0 Å². The van der Waals surface area contributed by atoms with Crippen LogP contribution in [0.4, 0.5) is 5.69 Å². The number of likely N-dealkylation sites (N-methyl/N-ethyl adjacent to an activating group) is 1. The van der Waals surface area contributed by atoms with Gasteiger partial charge in [-0.05, 0) is 25.2 Å². The minimum Gasteiger partial charge on any atom is -0.495 e. The summed E-state index contributed by atoms with van der Waals surface area (Å²) in [6.07, 6.45) is -0.449. The second-order valence-electron chi connectivity index (χ2n) is 4.55. The maximum Gasteiger partial charge on any atom is 0.143 e. The van der Waals surface area contributed by atoms with Crippen LogP contribution in [0.15, 0.2) is 18.2 Å². The van der Waals surface area contributed by atoms with Gasteiger partial charge in [-0.25, -0.2) is 0 Å². The van der Waals surface area contributed by atoms with Crippen molar-refractivity contribution >= 4 is 5.69 Å². The first-order chi connectivity index (χ1) is 9.64. The summed E-state index contributed by atoms with van der Waals surface area (Å²) in [5.41, 5.74) is 1.33. The van der Waals surface area contributed by atoms with Crippen LogP contribution < -0.4 is 10.1 Å².